The standard InChI is InChI=1S/C17H20BrN3O6S/c18-10-13(22)19-7-1-9-28-14(23)6-8-20-15(24)11-2-4-12(5-3-11)21-16(25)17(26)27/h2-5H,1,6-10H2,(H,19,22)(H,20,24)(H,21,25)(H,26,27). The predicted octanol–water partition coefficient (Wildman–Crippen LogP) is 0.991. The molecule has 0 atom stereocenters. The molecule has 1 aromatic rings. The van der Waals surface area contributed by atoms with Gasteiger partial charge in [-0.05, 0) is 30.7 Å². The Morgan fingerprint density at radius 1 is 1.00 bits per heavy atom. The van der Waals surface area contributed by atoms with Crippen LogP contribution in [0.15, 0.2) is 24.3 Å². The van der Waals surface area contributed by atoms with Gasteiger partial charge in [-0.1, -0.05) is 27.7 Å². The molecule has 0 radical (unpaired) electrons. The van der Waals surface area contributed by atoms with Crippen LogP contribution in [0.4, 0.5) is 5.69 Å². The van der Waals surface area contributed by atoms with Gasteiger partial charge < -0.3 is 21.1 Å². The number of thioether (sulfide) groups is 1. The van der Waals surface area contributed by atoms with Crippen LogP contribution in [0.3, 0.4) is 0 Å². The molecular formula is C17H20BrN3O6S. The van der Waals surface area contributed by atoms with Crippen LogP contribution in [-0.4, -0.2) is 58.1 Å². The van der Waals surface area contributed by atoms with E-state index in [0.717, 1.165) is 11.8 Å². The van der Waals surface area contributed by atoms with Crippen LogP contribution in [0.1, 0.15) is 23.2 Å². The maximum atomic E-state index is 12.0. The molecule has 1 aromatic carbocycles. The number of anilines is 1. The maximum Gasteiger partial charge on any atom is 0.394 e. The molecule has 28 heavy (non-hydrogen) atoms. The van der Waals surface area contributed by atoms with E-state index in [9.17, 15) is 24.0 Å². The molecule has 0 spiro atoms. The number of carboxylic acids is 1. The molecule has 0 saturated carbocycles. The van der Waals surface area contributed by atoms with E-state index in [4.69, 9.17) is 5.11 Å². The number of alkyl halides is 1. The monoisotopic (exact) mass is 473 g/mol. The van der Waals surface area contributed by atoms with Gasteiger partial charge in [0, 0.05) is 36.5 Å². The average Bonchev–Trinajstić information content (AvgIpc) is 2.67. The minimum absolute atomic E-state index is 0.0566. The highest BCUT2D eigenvalue weighted by Crippen LogP contribution is 2.10. The fourth-order valence-electron chi connectivity index (χ4n) is 1.88. The number of nitrogens with one attached hydrogen (secondary N) is 3. The second kappa shape index (κ2) is 12.9. The van der Waals surface area contributed by atoms with Crippen LogP contribution in [0, 0.1) is 0 Å². The second-order valence-corrected chi connectivity index (χ2v) is 7.11. The van der Waals surface area contributed by atoms with Crippen molar-refractivity contribution in [3.8, 4) is 0 Å². The topological polar surface area (TPSA) is 142 Å². The molecule has 9 nitrogen and oxygen atoms in total. The number of carboxylic acid groups (broad SMARTS) is 1. The third kappa shape index (κ3) is 9.51. The first-order chi connectivity index (χ1) is 13.3. The van der Waals surface area contributed by atoms with Crippen molar-refractivity contribution in [2.75, 3.05) is 29.5 Å². The number of hydrogen-bond acceptors (Lipinski definition) is 6. The minimum atomic E-state index is -1.60. The Labute approximate surface area is 174 Å². The highest BCUT2D eigenvalue weighted by atomic mass is 79.9. The fraction of sp³-hybridized carbons (Fsp3) is 0.353. The number of amides is 3. The molecule has 0 aliphatic heterocycles. The third-order valence-corrected chi connectivity index (χ3v) is 4.77. The average molecular weight is 474 g/mol. The summed E-state index contributed by atoms with van der Waals surface area (Å²) in [4.78, 5) is 56.3. The lowest BCUT2D eigenvalue weighted by Gasteiger charge is -2.07. The summed E-state index contributed by atoms with van der Waals surface area (Å²) in [6, 6.07) is 5.69. The molecule has 0 aliphatic rings. The van der Waals surface area contributed by atoms with Gasteiger partial charge in [-0.3, -0.25) is 19.2 Å². The lowest BCUT2D eigenvalue weighted by molar-refractivity contribution is -0.147. The van der Waals surface area contributed by atoms with Gasteiger partial charge >= 0.3 is 11.9 Å². The van der Waals surface area contributed by atoms with Crippen molar-refractivity contribution in [2.24, 2.45) is 0 Å². The van der Waals surface area contributed by atoms with Gasteiger partial charge in [0.15, 0.2) is 5.12 Å². The van der Waals surface area contributed by atoms with Crippen LogP contribution in [0.5, 0.6) is 0 Å². The highest BCUT2D eigenvalue weighted by molar-refractivity contribution is 9.09. The normalized spacial score (nSPS) is 10.0. The Bertz CT molecular complexity index is 726. The third-order valence-electron chi connectivity index (χ3n) is 3.24. The van der Waals surface area contributed by atoms with E-state index < -0.39 is 11.9 Å². The molecule has 0 bridgehead atoms. The lowest BCUT2D eigenvalue weighted by Crippen LogP contribution is -2.26. The Hall–Kier alpha value is -2.40. The van der Waals surface area contributed by atoms with E-state index in [-0.39, 0.29) is 40.9 Å². The Kier molecular flexibility index (Phi) is 10.9. The quantitative estimate of drug-likeness (QED) is 0.225. The van der Waals surface area contributed by atoms with Crippen molar-refractivity contribution in [3.63, 3.8) is 0 Å². The van der Waals surface area contributed by atoms with Crippen molar-refractivity contribution >= 4 is 62.2 Å². The number of rotatable bonds is 10. The zero-order valence-electron chi connectivity index (χ0n) is 14.8. The van der Waals surface area contributed by atoms with Gasteiger partial charge in [-0.25, -0.2) is 4.79 Å². The molecule has 3 amide bonds. The van der Waals surface area contributed by atoms with Crippen LogP contribution in [-0.2, 0) is 19.2 Å². The zero-order chi connectivity index (χ0) is 20.9. The van der Waals surface area contributed by atoms with Gasteiger partial charge in [0.05, 0.1) is 5.33 Å². The summed E-state index contributed by atoms with van der Waals surface area (Å²) in [5.74, 6) is -2.67. The van der Waals surface area contributed by atoms with Crippen LogP contribution in [0.25, 0.3) is 0 Å². The smallest absolute Gasteiger partial charge is 0.394 e. The summed E-state index contributed by atoms with van der Waals surface area (Å²) in [5.41, 5.74) is 0.568. The van der Waals surface area contributed by atoms with Crippen LogP contribution < -0.4 is 16.0 Å². The molecule has 0 unspecified atom stereocenters. The summed E-state index contributed by atoms with van der Waals surface area (Å²) in [7, 11) is 0. The molecule has 152 valence electrons. The van der Waals surface area contributed by atoms with E-state index in [1.807, 2.05) is 0 Å². The Balaban J connectivity index is 2.25. The van der Waals surface area contributed by atoms with E-state index in [1.54, 1.807) is 0 Å². The molecule has 0 heterocycles. The van der Waals surface area contributed by atoms with Gasteiger partial charge in [-0.2, -0.15) is 0 Å². The van der Waals surface area contributed by atoms with Crippen molar-refractivity contribution in [1.82, 2.24) is 10.6 Å². The van der Waals surface area contributed by atoms with Crippen LogP contribution >= 0.6 is 27.7 Å². The summed E-state index contributed by atoms with van der Waals surface area (Å²) < 4.78 is 0. The summed E-state index contributed by atoms with van der Waals surface area (Å²) in [6.45, 7) is 0.687. The van der Waals surface area contributed by atoms with Crippen molar-refractivity contribution in [1.29, 1.82) is 0 Å². The fourth-order valence-corrected chi connectivity index (χ4v) is 2.84. The summed E-state index contributed by atoms with van der Waals surface area (Å²) in [6.07, 6.45) is 0.850. The van der Waals surface area contributed by atoms with Crippen molar-refractivity contribution < 1.29 is 29.1 Å². The van der Waals surface area contributed by atoms with Gasteiger partial charge in [0.25, 0.3) is 5.91 Å². The SMILES string of the molecule is O=C(CBr)NCCCSC(=O)CCNC(=O)c1ccc(NC(=O)C(=O)O)cc1. The van der Waals surface area contributed by atoms with E-state index >= 15 is 0 Å². The number of aliphatic carboxylic acids is 1. The Morgan fingerprint density at radius 2 is 1.68 bits per heavy atom. The number of halogens is 1. The zero-order valence-corrected chi connectivity index (χ0v) is 17.2. The molecule has 1 rings (SSSR count). The second-order valence-electron chi connectivity index (χ2n) is 5.40. The van der Waals surface area contributed by atoms with Gasteiger partial charge in [0.1, 0.15) is 0 Å². The molecule has 0 aliphatic carbocycles. The largest absolute Gasteiger partial charge is 0.474 e. The van der Waals surface area contributed by atoms with E-state index in [1.165, 1.54) is 24.3 Å². The molecule has 0 aromatic heterocycles. The Morgan fingerprint density at radius 3 is 2.29 bits per heavy atom. The first-order valence-electron chi connectivity index (χ1n) is 8.24. The van der Waals surface area contributed by atoms with Crippen molar-refractivity contribution in [2.45, 2.75) is 12.8 Å². The highest BCUT2D eigenvalue weighted by Gasteiger charge is 2.12. The number of carbonyl (C=O) groups is 5. The van der Waals surface area contributed by atoms with E-state index in [2.05, 4.69) is 31.9 Å². The van der Waals surface area contributed by atoms with Crippen LogP contribution in [0.2, 0.25) is 0 Å². The summed E-state index contributed by atoms with van der Waals surface area (Å²) in [5, 5.41) is 16.2. The molecule has 0 saturated heterocycles. The summed E-state index contributed by atoms with van der Waals surface area (Å²) >= 11 is 4.19. The number of carbonyl (C=O) groups excluding carboxylic acids is 4. The minimum Gasteiger partial charge on any atom is -0.474 e. The predicted molar refractivity (Wildman–Crippen MR) is 109 cm³/mol. The molecule has 4 N–H and O–H groups in total. The van der Waals surface area contributed by atoms with Crippen molar-refractivity contribution in [3.05, 3.63) is 29.8 Å². The lowest BCUT2D eigenvalue weighted by atomic mass is 10.2. The van der Waals surface area contributed by atoms with E-state index in [0.29, 0.717) is 24.3 Å². The molecular weight excluding hydrogens is 454 g/mol. The first kappa shape index (κ1) is 23.6. The maximum absolute atomic E-state index is 12.0. The molecule has 11 heteroatoms. The number of benzene rings is 1. The number of hydrogen-bond donors (Lipinski definition) is 4. The molecule has 0 fully saturated rings. The van der Waals surface area contributed by atoms with Gasteiger partial charge in [0.2, 0.25) is 5.91 Å². The first-order valence-corrected chi connectivity index (χ1v) is 10.3. The van der Waals surface area contributed by atoms with Gasteiger partial charge in [-0.15, -0.1) is 0 Å².